The Morgan fingerprint density at radius 3 is 2.71 bits per heavy atom. The van der Waals surface area contributed by atoms with E-state index in [4.69, 9.17) is 5.41 Å². The summed E-state index contributed by atoms with van der Waals surface area (Å²) in [7, 11) is 1.46. The largest absolute Gasteiger partial charge is 0.484 e. The lowest BCUT2D eigenvalue weighted by Gasteiger charge is -1.92. The molecule has 0 aromatic heterocycles. The molecule has 0 atom stereocenters. The maximum atomic E-state index is 6.82. The summed E-state index contributed by atoms with van der Waals surface area (Å²) < 4.78 is 4.48. The average Bonchev–Trinajstić information content (AvgIpc) is 1.68. The van der Waals surface area contributed by atoms with Gasteiger partial charge in [-0.1, -0.05) is 12.2 Å². The van der Waals surface area contributed by atoms with Crippen LogP contribution in [-0.4, -0.2) is 18.4 Å². The molecule has 1 N–H and O–H groups in total. The molecule has 0 spiro atoms. The van der Waals surface area contributed by atoms with Crippen LogP contribution >= 0.6 is 12.2 Å². The molecule has 0 saturated heterocycles. The van der Waals surface area contributed by atoms with E-state index in [0.717, 1.165) is 0 Å². The third kappa shape index (κ3) is 3.39. The van der Waals surface area contributed by atoms with Gasteiger partial charge in [-0.2, -0.15) is 0 Å². The molecule has 0 amide bonds. The molecule has 0 aliphatic carbocycles. The van der Waals surface area contributed by atoms with Crippen molar-refractivity contribution in [1.82, 2.24) is 0 Å². The third-order valence-electron chi connectivity index (χ3n) is 0.515. The van der Waals surface area contributed by atoms with E-state index in [0.29, 0.717) is 6.42 Å². The molecule has 0 bridgehead atoms. The van der Waals surface area contributed by atoms with Crippen molar-refractivity contribution < 1.29 is 4.74 Å². The molecule has 40 valence electrons. The maximum Gasteiger partial charge on any atom is 0.184 e. The number of hydrogen-bond acceptors (Lipinski definition) is 3. The van der Waals surface area contributed by atoms with E-state index in [1.807, 2.05) is 0 Å². The molecule has 0 rings (SSSR count). The van der Waals surface area contributed by atoms with Gasteiger partial charge in [-0.3, -0.25) is 5.41 Å². The van der Waals surface area contributed by atoms with Crippen molar-refractivity contribution in [1.29, 1.82) is 5.41 Å². The average molecular weight is 117 g/mol. The van der Waals surface area contributed by atoms with Gasteiger partial charge >= 0.3 is 0 Å². The summed E-state index contributed by atoms with van der Waals surface area (Å²) in [6.07, 6.45) is 0.450. The van der Waals surface area contributed by atoms with Gasteiger partial charge in [0.05, 0.1) is 13.5 Å². The second-order valence-corrected chi connectivity index (χ2v) is 1.33. The number of methoxy groups -OCH3 is 1. The van der Waals surface area contributed by atoms with E-state index in [-0.39, 0.29) is 5.90 Å². The summed E-state index contributed by atoms with van der Waals surface area (Å²) >= 11 is 4.45. The molecule has 7 heavy (non-hydrogen) atoms. The molecular formula is C4H7NOS. The van der Waals surface area contributed by atoms with E-state index >= 15 is 0 Å². The predicted octanol–water partition coefficient (Wildman–Crippen LogP) is 1.000. The van der Waals surface area contributed by atoms with Crippen LogP contribution in [0.3, 0.4) is 0 Å². The van der Waals surface area contributed by atoms with Gasteiger partial charge in [0.25, 0.3) is 0 Å². The first-order valence-corrected chi connectivity index (χ1v) is 2.33. The van der Waals surface area contributed by atoms with E-state index in [1.54, 1.807) is 0 Å². The Bertz CT molecular complexity index is 81.8. The van der Waals surface area contributed by atoms with E-state index in [9.17, 15) is 0 Å². The Hall–Kier alpha value is -0.440. The van der Waals surface area contributed by atoms with Gasteiger partial charge < -0.3 is 4.74 Å². The Kier molecular flexibility index (Phi) is 3.50. The first-order chi connectivity index (χ1) is 3.31. The van der Waals surface area contributed by atoms with Crippen molar-refractivity contribution in [2.24, 2.45) is 0 Å². The van der Waals surface area contributed by atoms with Crippen LogP contribution in [0.2, 0.25) is 0 Å². The van der Waals surface area contributed by atoms with Crippen LogP contribution in [0.5, 0.6) is 0 Å². The molecule has 0 aromatic rings. The number of nitrogens with one attached hydrogen (secondary N) is 1. The molecule has 0 radical (unpaired) electrons. The first kappa shape index (κ1) is 6.56. The minimum absolute atomic E-state index is 0.218. The fraction of sp³-hybridized carbons (Fsp3) is 0.500. The Morgan fingerprint density at radius 1 is 2.00 bits per heavy atom. The van der Waals surface area contributed by atoms with Crippen LogP contribution in [0.25, 0.3) is 0 Å². The zero-order valence-electron chi connectivity index (χ0n) is 4.10. The molecular weight excluding hydrogens is 110 g/mol. The minimum Gasteiger partial charge on any atom is -0.484 e. The van der Waals surface area contributed by atoms with Gasteiger partial charge in [0.15, 0.2) is 5.90 Å². The van der Waals surface area contributed by atoms with Crippen molar-refractivity contribution in [2.75, 3.05) is 7.11 Å². The fourth-order valence-corrected chi connectivity index (χ4v) is 0.310. The molecule has 0 unspecified atom stereocenters. The van der Waals surface area contributed by atoms with Gasteiger partial charge in [0.1, 0.15) is 0 Å². The highest BCUT2D eigenvalue weighted by Crippen LogP contribution is 1.77. The van der Waals surface area contributed by atoms with E-state index in [1.165, 1.54) is 12.5 Å². The second kappa shape index (κ2) is 3.74. The molecule has 0 aliphatic heterocycles. The summed E-state index contributed by atoms with van der Waals surface area (Å²) in [6, 6.07) is 0. The molecule has 0 aliphatic rings. The van der Waals surface area contributed by atoms with Gasteiger partial charge in [-0.25, -0.2) is 0 Å². The highest BCUT2D eigenvalue weighted by molar-refractivity contribution is 7.79. The lowest BCUT2D eigenvalue weighted by molar-refractivity contribution is 0.393. The number of ether oxygens (including phenoxy) is 1. The highest BCUT2D eigenvalue weighted by atomic mass is 32.1. The Balaban J connectivity index is 3.17. The molecule has 0 saturated carbocycles. The Labute approximate surface area is 48.0 Å². The smallest absolute Gasteiger partial charge is 0.184 e. The zero-order valence-corrected chi connectivity index (χ0v) is 4.92. The summed E-state index contributed by atoms with van der Waals surface area (Å²) in [6.45, 7) is 0. The maximum absolute atomic E-state index is 6.82. The van der Waals surface area contributed by atoms with Crippen LogP contribution in [-0.2, 0) is 4.74 Å². The van der Waals surface area contributed by atoms with Crippen molar-refractivity contribution >= 4 is 23.5 Å². The molecule has 0 heterocycles. The van der Waals surface area contributed by atoms with Crippen molar-refractivity contribution in [3.8, 4) is 0 Å². The third-order valence-corrected chi connectivity index (χ3v) is 0.682. The molecule has 0 fully saturated rings. The number of hydrogen-bond donors (Lipinski definition) is 1. The van der Waals surface area contributed by atoms with Crippen molar-refractivity contribution in [3.63, 3.8) is 0 Å². The molecule has 3 heteroatoms. The predicted molar refractivity (Wildman–Crippen MR) is 33.0 cm³/mol. The number of thiocarbonyl (C=S) groups is 1. The SMILES string of the molecule is COC(=N)CC=S. The summed E-state index contributed by atoms with van der Waals surface area (Å²) in [5.74, 6) is 0.218. The van der Waals surface area contributed by atoms with Crippen molar-refractivity contribution in [2.45, 2.75) is 6.42 Å². The van der Waals surface area contributed by atoms with Gasteiger partial charge in [-0.05, 0) is 5.37 Å². The summed E-state index contributed by atoms with van der Waals surface area (Å²) in [5, 5.41) is 8.28. The molecule has 2 nitrogen and oxygen atoms in total. The Morgan fingerprint density at radius 2 is 2.57 bits per heavy atom. The minimum atomic E-state index is 0.218. The fourth-order valence-electron chi connectivity index (χ4n) is 0.159. The van der Waals surface area contributed by atoms with E-state index < -0.39 is 0 Å². The quantitative estimate of drug-likeness (QED) is 0.332. The van der Waals surface area contributed by atoms with Crippen LogP contribution in [0.4, 0.5) is 0 Å². The van der Waals surface area contributed by atoms with Crippen molar-refractivity contribution in [3.05, 3.63) is 0 Å². The van der Waals surface area contributed by atoms with Crippen LogP contribution < -0.4 is 0 Å². The second-order valence-electron chi connectivity index (χ2n) is 0.998. The summed E-state index contributed by atoms with van der Waals surface area (Å²) in [4.78, 5) is 0. The first-order valence-electron chi connectivity index (χ1n) is 1.86. The lowest BCUT2D eigenvalue weighted by Crippen LogP contribution is -1.97. The monoisotopic (exact) mass is 117 g/mol. The van der Waals surface area contributed by atoms with Gasteiger partial charge in [0, 0.05) is 0 Å². The zero-order chi connectivity index (χ0) is 5.70. The van der Waals surface area contributed by atoms with Crippen LogP contribution in [0, 0.1) is 5.41 Å². The van der Waals surface area contributed by atoms with Gasteiger partial charge in [-0.15, -0.1) is 0 Å². The van der Waals surface area contributed by atoms with E-state index in [2.05, 4.69) is 17.0 Å². The topological polar surface area (TPSA) is 33.1 Å². The lowest BCUT2D eigenvalue weighted by atomic mass is 10.5. The molecule has 0 aromatic carbocycles. The number of rotatable bonds is 2. The van der Waals surface area contributed by atoms with Crippen LogP contribution in [0.1, 0.15) is 6.42 Å². The summed E-state index contributed by atoms with van der Waals surface area (Å²) in [5.41, 5.74) is 0. The van der Waals surface area contributed by atoms with Gasteiger partial charge in [0.2, 0.25) is 0 Å². The van der Waals surface area contributed by atoms with Crippen LogP contribution in [0.15, 0.2) is 0 Å². The standard InChI is InChI=1S/C4H7NOS/c1-6-4(5)2-3-7/h3,5H,2H2,1H3. The normalized spacial score (nSPS) is 7.57. The highest BCUT2D eigenvalue weighted by Gasteiger charge is 1.85.